The van der Waals surface area contributed by atoms with Gasteiger partial charge in [-0.3, -0.25) is 13.4 Å². The summed E-state index contributed by atoms with van der Waals surface area (Å²) in [5, 5.41) is 20.0. The van der Waals surface area contributed by atoms with E-state index in [1.165, 1.54) is 6.07 Å². The van der Waals surface area contributed by atoms with Crippen LogP contribution in [0.2, 0.25) is 0 Å². The Labute approximate surface area is 160 Å². The Balaban J connectivity index is 2.17. The molecule has 1 aliphatic rings. The molecule has 166 valence electrons. The number of hydrogen-bond acceptors (Lipinski definition) is 14. The highest BCUT2D eigenvalue weighted by Crippen LogP contribution is 2.66. The summed E-state index contributed by atoms with van der Waals surface area (Å²) < 4.78 is 50.8. The molecule has 2 heterocycles. The lowest BCUT2D eigenvalue weighted by Gasteiger charge is -2.31. The highest BCUT2D eigenvalue weighted by Gasteiger charge is 2.46. The van der Waals surface area contributed by atoms with Crippen molar-refractivity contribution < 1.29 is 61.4 Å². The maximum absolute atomic E-state index is 12.0. The van der Waals surface area contributed by atoms with Gasteiger partial charge >= 0.3 is 21.3 Å². The molecule has 0 amide bonds. The largest absolute Gasteiger partial charge is 0.789 e. The number of hydrogen-bond donors (Lipinski definition) is 5. The summed E-state index contributed by atoms with van der Waals surface area (Å²) in [6.45, 7) is -1.15. The van der Waals surface area contributed by atoms with Crippen molar-refractivity contribution in [1.29, 1.82) is 0 Å². The number of rotatable bonds is 8. The number of aliphatic hydroxyl groups excluding tert-OH is 2. The van der Waals surface area contributed by atoms with E-state index in [0.717, 1.165) is 10.8 Å². The molecule has 1 aliphatic heterocycles. The third-order valence-corrected chi connectivity index (χ3v) is 6.98. The third-order valence-electron chi connectivity index (χ3n) is 3.27. The predicted molar refractivity (Wildman–Crippen MR) is 84.2 cm³/mol. The van der Waals surface area contributed by atoms with Crippen molar-refractivity contribution in [2.24, 2.45) is 0 Å². The molecule has 17 nitrogen and oxygen atoms in total. The lowest BCUT2D eigenvalue weighted by molar-refractivity contribution is -0.334. The van der Waals surface area contributed by atoms with Crippen LogP contribution in [0, 0.1) is 0 Å². The smallest absolute Gasteiger partial charge is 0.487 e. The van der Waals surface area contributed by atoms with Crippen LogP contribution in [0.25, 0.3) is 0 Å². The summed E-state index contributed by atoms with van der Waals surface area (Å²) in [4.78, 5) is 53.8. The Morgan fingerprint density at radius 1 is 1.21 bits per heavy atom. The zero-order valence-electron chi connectivity index (χ0n) is 13.9. The van der Waals surface area contributed by atoms with Crippen molar-refractivity contribution in [1.82, 2.24) is 9.55 Å². The lowest BCUT2D eigenvalue weighted by Crippen LogP contribution is -2.36. The fraction of sp³-hybridized carbons (Fsp3) is 0.556. The zero-order chi connectivity index (χ0) is 22.2. The van der Waals surface area contributed by atoms with Crippen LogP contribution < -0.4 is 21.2 Å². The zero-order valence-corrected chi connectivity index (χ0v) is 16.5. The van der Waals surface area contributed by atoms with E-state index < -0.39 is 60.3 Å². The Morgan fingerprint density at radius 3 is 2.34 bits per heavy atom. The van der Waals surface area contributed by atoms with Gasteiger partial charge < -0.3 is 44.8 Å². The molecule has 29 heavy (non-hydrogen) atoms. The third kappa shape index (κ3) is 6.73. The molecule has 1 aromatic heterocycles. The Morgan fingerprint density at radius 2 is 1.83 bits per heavy atom. The molecule has 6 N–H and O–H groups in total. The maximum atomic E-state index is 12.0. The summed E-state index contributed by atoms with van der Waals surface area (Å²) in [7, 11) is -17.5. The maximum Gasteiger partial charge on any atom is 0.487 e. The van der Waals surface area contributed by atoms with Gasteiger partial charge in [0.2, 0.25) is 0 Å². The van der Waals surface area contributed by atoms with Crippen LogP contribution in [0.1, 0.15) is 6.23 Å². The van der Waals surface area contributed by atoms with E-state index in [2.05, 4.69) is 18.1 Å². The average molecular weight is 481 g/mol. The number of phosphoric acid groups is 3. The predicted octanol–water partition coefficient (Wildman–Crippen LogP) is -3.48. The van der Waals surface area contributed by atoms with E-state index in [9.17, 15) is 38.5 Å². The Bertz CT molecular complexity index is 912. The van der Waals surface area contributed by atoms with Crippen molar-refractivity contribution in [2.45, 2.75) is 24.5 Å². The number of aromatic nitrogens is 2. The first-order valence-electron chi connectivity index (χ1n) is 7.21. The molecule has 1 unspecified atom stereocenters. The van der Waals surface area contributed by atoms with Crippen LogP contribution in [0.3, 0.4) is 0 Å². The first-order valence-corrected chi connectivity index (χ1v) is 11.7. The monoisotopic (exact) mass is 481 g/mol. The molecule has 20 heteroatoms. The Hall–Kier alpha value is -1.03. The minimum Gasteiger partial charge on any atom is -0.789 e. The minimum absolute atomic E-state index is 0.147. The van der Waals surface area contributed by atoms with Gasteiger partial charge in [-0.1, -0.05) is 0 Å². The number of anilines is 1. The normalized spacial score (nSPS) is 27.7. The van der Waals surface area contributed by atoms with Crippen LogP contribution in [0.15, 0.2) is 17.1 Å². The summed E-state index contributed by atoms with van der Waals surface area (Å²) in [6.07, 6.45) is -5.73. The van der Waals surface area contributed by atoms with E-state index in [1.54, 1.807) is 0 Å². The van der Waals surface area contributed by atoms with Gasteiger partial charge in [-0.2, -0.15) is 9.29 Å². The van der Waals surface area contributed by atoms with Gasteiger partial charge in [-0.15, -0.1) is 0 Å². The van der Waals surface area contributed by atoms with E-state index in [-0.39, 0.29) is 5.82 Å². The number of nitrogens with zero attached hydrogens (tertiary/aromatic N) is 2. The lowest BCUT2D eigenvalue weighted by atomic mass is 10.1. The molecule has 0 spiro atoms. The number of nitrogens with two attached hydrogens (primary N) is 1. The molecule has 0 bridgehead atoms. The van der Waals surface area contributed by atoms with Gasteiger partial charge in [0.15, 0.2) is 6.23 Å². The average Bonchev–Trinajstić information content (AvgIpc) is 2.77. The Kier molecular flexibility index (Phi) is 7.20. The first-order chi connectivity index (χ1) is 13.1. The quantitative estimate of drug-likeness (QED) is 0.225. The van der Waals surface area contributed by atoms with Gasteiger partial charge in [-0.25, -0.2) is 13.9 Å². The van der Waals surface area contributed by atoms with E-state index in [4.69, 9.17) is 20.3 Å². The van der Waals surface area contributed by atoms with E-state index >= 15 is 0 Å². The molecule has 0 saturated carbocycles. The molecule has 0 aliphatic carbocycles. The van der Waals surface area contributed by atoms with Crippen molar-refractivity contribution >= 4 is 29.3 Å². The second-order valence-corrected chi connectivity index (χ2v) is 9.77. The van der Waals surface area contributed by atoms with Crippen LogP contribution in [0.4, 0.5) is 5.82 Å². The number of nitrogen functional groups attached to an aromatic ring is 1. The summed E-state index contributed by atoms with van der Waals surface area (Å²) in [5.74, 6) is -0.147. The molecule has 1 fully saturated rings. The molecule has 0 aromatic carbocycles. The fourth-order valence-electron chi connectivity index (χ4n) is 2.20. The van der Waals surface area contributed by atoms with Crippen molar-refractivity contribution in [3.05, 3.63) is 22.7 Å². The minimum atomic E-state index is -6.11. The molecule has 5 atom stereocenters. The van der Waals surface area contributed by atoms with Gasteiger partial charge in [0.25, 0.3) is 0 Å². The van der Waals surface area contributed by atoms with Gasteiger partial charge in [0.05, 0.1) is 14.4 Å². The second kappa shape index (κ2) is 8.61. The van der Waals surface area contributed by atoms with Crippen LogP contribution in [0.5, 0.6) is 0 Å². The van der Waals surface area contributed by atoms with E-state index in [0.29, 0.717) is 0 Å². The topological polar surface area (TPSA) is 276 Å². The highest BCUT2D eigenvalue weighted by atomic mass is 31.3. The van der Waals surface area contributed by atoms with Gasteiger partial charge in [0.1, 0.15) is 24.1 Å². The number of aliphatic hydroxyl groups is 2. The second-order valence-electron chi connectivity index (χ2n) is 5.43. The van der Waals surface area contributed by atoms with Crippen molar-refractivity contribution in [2.75, 3.05) is 12.3 Å². The number of ether oxygens (including phenoxy) is 1. The van der Waals surface area contributed by atoms with Gasteiger partial charge in [-0.05, 0) is 6.07 Å². The summed E-state index contributed by atoms with van der Waals surface area (Å²) in [5.41, 5.74) is 4.35. The van der Waals surface area contributed by atoms with Crippen LogP contribution in [-0.2, 0) is 31.6 Å². The molecule has 1 aromatic rings. The molecule has 0 radical (unpaired) electrons. The molecular formula is C9H14N3O14P3-2. The highest BCUT2D eigenvalue weighted by molar-refractivity contribution is 7.66. The fourth-order valence-corrected chi connectivity index (χ4v) is 5.31. The SMILES string of the molecule is Nc1ccn([C@@H]2O[C@H](COP(=O)(OP(=O)([O-])[O-])OP(=O)(O)O)[C@@H](O)[C@H]2O)c(=O)n1. The standard InChI is InChI=1S/C9H16N3O14P3/c10-5-1-2-12(9(15)11-5)8-7(14)6(13)4(24-8)3-23-29(22,25-27(16,17)18)26-28(19,20)21/h1-2,4,6-8,13-14H,3H2,(H2,10,11,15)(H2,16,17,18)(H2,19,20,21)/p-2/t4-,6-,7-,8-/m1/s1. The summed E-state index contributed by atoms with van der Waals surface area (Å²) in [6, 6.07) is 1.17. The van der Waals surface area contributed by atoms with Gasteiger partial charge in [0, 0.05) is 6.20 Å². The molecule has 2 rings (SSSR count). The van der Waals surface area contributed by atoms with E-state index in [1.807, 2.05) is 0 Å². The van der Waals surface area contributed by atoms with Crippen LogP contribution in [-0.4, -0.2) is 54.5 Å². The van der Waals surface area contributed by atoms with Crippen molar-refractivity contribution in [3.8, 4) is 0 Å². The molecular weight excluding hydrogens is 467 g/mol. The summed E-state index contributed by atoms with van der Waals surface area (Å²) >= 11 is 0. The van der Waals surface area contributed by atoms with Crippen molar-refractivity contribution in [3.63, 3.8) is 0 Å². The first kappa shape index (κ1) is 24.2. The van der Waals surface area contributed by atoms with Crippen LogP contribution >= 0.6 is 23.5 Å². The molecule has 1 saturated heterocycles.